The van der Waals surface area contributed by atoms with Gasteiger partial charge in [-0.1, -0.05) is 19.9 Å². The molecular weight excluding hydrogens is 214 g/mol. The summed E-state index contributed by atoms with van der Waals surface area (Å²) in [5.74, 6) is 0. The molecule has 0 fully saturated rings. The number of hydrogen-bond donors (Lipinski definition) is 1. The van der Waals surface area contributed by atoms with Gasteiger partial charge in [-0.15, -0.1) is 0 Å². The Labute approximate surface area is 103 Å². The maximum atomic E-state index is 11.5. The minimum absolute atomic E-state index is 0.0706. The van der Waals surface area contributed by atoms with E-state index in [1.165, 1.54) is 0 Å². The third kappa shape index (κ3) is 5.65. The van der Waals surface area contributed by atoms with Crippen LogP contribution in [0, 0.1) is 0 Å². The van der Waals surface area contributed by atoms with Crippen molar-refractivity contribution in [3.63, 3.8) is 0 Å². The number of pyridine rings is 1. The highest BCUT2D eigenvalue weighted by atomic mass is 16.1. The summed E-state index contributed by atoms with van der Waals surface area (Å²) in [4.78, 5) is 13.7. The highest BCUT2D eigenvalue weighted by Gasteiger charge is 2.00. The van der Waals surface area contributed by atoms with Gasteiger partial charge in [0.1, 0.15) is 0 Å². The van der Waals surface area contributed by atoms with E-state index in [0.717, 1.165) is 26.2 Å². The third-order valence-corrected chi connectivity index (χ3v) is 2.67. The molecule has 0 aromatic carbocycles. The number of rotatable bonds is 7. The van der Waals surface area contributed by atoms with Crippen molar-refractivity contribution in [2.24, 2.45) is 0 Å². The second-order valence-corrected chi connectivity index (χ2v) is 4.64. The van der Waals surface area contributed by atoms with E-state index in [2.05, 4.69) is 31.1 Å². The molecule has 1 aromatic rings. The predicted octanol–water partition coefficient (Wildman–Crippen LogP) is 0.778. The summed E-state index contributed by atoms with van der Waals surface area (Å²) in [7, 11) is 2.08. The van der Waals surface area contributed by atoms with E-state index in [-0.39, 0.29) is 5.56 Å². The van der Waals surface area contributed by atoms with E-state index in [1.54, 1.807) is 16.7 Å². The Morgan fingerprint density at radius 3 is 2.76 bits per heavy atom. The zero-order valence-electron chi connectivity index (χ0n) is 11.0. The second kappa shape index (κ2) is 7.25. The minimum atomic E-state index is 0.0706. The van der Waals surface area contributed by atoms with Crippen LogP contribution in [0.25, 0.3) is 0 Å². The van der Waals surface area contributed by atoms with Gasteiger partial charge in [0.25, 0.3) is 5.56 Å². The fourth-order valence-electron chi connectivity index (χ4n) is 1.58. The lowest BCUT2D eigenvalue weighted by molar-refractivity contribution is 0.311. The number of nitrogens with zero attached hydrogens (tertiary/aromatic N) is 2. The summed E-state index contributed by atoms with van der Waals surface area (Å²) in [5, 5.41) is 3.38. The van der Waals surface area contributed by atoms with Crippen molar-refractivity contribution in [3.05, 3.63) is 34.7 Å². The number of nitrogens with one attached hydrogen (secondary N) is 1. The van der Waals surface area contributed by atoms with E-state index in [4.69, 9.17) is 0 Å². The molecule has 0 atom stereocenters. The molecule has 0 spiro atoms. The Kier molecular flexibility index (Phi) is 5.94. The van der Waals surface area contributed by atoms with Gasteiger partial charge >= 0.3 is 0 Å². The lowest BCUT2D eigenvalue weighted by Crippen LogP contribution is -2.35. The summed E-state index contributed by atoms with van der Waals surface area (Å²) >= 11 is 0. The molecule has 0 aliphatic carbocycles. The summed E-state index contributed by atoms with van der Waals surface area (Å²) in [5.41, 5.74) is 0.0706. The summed E-state index contributed by atoms with van der Waals surface area (Å²) in [6.45, 7) is 7.91. The van der Waals surface area contributed by atoms with Crippen LogP contribution in [0.3, 0.4) is 0 Å². The van der Waals surface area contributed by atoms with Gasteiger partial charge in [0.05, 0.1) is 0 Å². The molecule has 1 rings (SSSR count). The molecular formula is C13H23N3O. The highest BCUT2D eigenvalue weighted by Crippen LogP contribution is 1.87. The third-order valence-electron chi connectivity index (χ3n) is 2.67. The molecule has 0 amide bonds. The quantitative estimate of drug-likeness (QED) is 0.761. The van der Waals surface area contributed by atoms with Crippen LogP contribution in [-0.4, -0.2) is 42.2 Å². The van der Waals surface area contributed by atoms with Gasteiger partial charge in [0, 0.05) is 44.5 Å². The van der Waals surface area contributed by atoms with Gasteiger partial charge < -0.3 is 14.8 Å². The molecule has 0 saturated carbocycles. The van der Waals surface area contributed by atoms with Crippen molar-refractivity contribution in [2.45, 2.75) is 26.4 Å². The lowest BCUT2D eigenvalue weighted by atomic mass is 10.4. The first kappa shape index (κ1) is 13.9. The predicted molar refractivity (Wildman–Crippen MR) is 71.3 cm³/mol. The molecule has 1 aromatic heterocycles. The van der Waals surface area contributed by atoms with Crippen LogP contribution >= 0.6 is 0 Å². The van der Waals surface area contributed by atoms with Gasteiger partial charge in [0.2, 0.25) is 0 Å². The molecule has 1 N–H and O–H groups in total. The standard InChI is InChI=1S/C13H23N3O/c1-12(2)14-7-9-15(3)10-11-16-8-5-4-6-13(16)17/h4-6,8,12,14H,7,9-11H2,1-3H3. The molecule has 4 nitrogen and oxygen atoms in total. The van der Waals surface area contributed by atoms with E-state index in [9.17, 15) is 4.79 Å². The van der Waals surface area contributed by atoms with Crippen molar-refractivity contribution >= 4 is 0 Å². The molecule has 0 unspecified atom stereocenters. The first-order valence-electron chi connectivity index (χ1n) is 6.17. The lowest BCUT2D eigenvalue weighted by Gasteiger charge is -2.18. The molecule has 96 valence electrons. The molecule has 1 heterocycles. The maximum absolute atomic E-state index is 11.5. The highest BCUT2D eigenvalue weighted by molar-refractivity contribution is 4.93. The average molecular weight is 237 g/mol. The van der Waals surface area contributed by atoms with Crippen LogP contribution in [0.15, 0.2) is 29.2 Å². The zero-order chi connectivity index (χ0) is 12.7. The van der Waals surface area contributed by atoms with Gasteiger partial charge in [-0.3, -0.25) is 4.79 Å². The molecule has 0 aliphatic heterocycles. The number of hydrogen-bond acceptors (Lipinski definition) is 3. The smallest absolute Gasteiger partial charge is 0.250 e. The van der Waals surface area contributed by atoms with Crippen LogP contribution < -0.4 is 10.9 Å². The first-order chi connectivity index (χ1) is 8.09. The van der Waals surface area contributed by atoms with Crippen molar-refractivity contribution in [1.82, 2.24) is 14.8 Å². The Bertz CT molecular complexity index is 373. The first-order valence-corrected chi connectivity index (χ1v) is 6.17. The zero-order valence-corrected chi connectivity index (χ0v) is 11.0. The van der Waals surface area contributed by atoms with Crippen LogP contribution in [0.2, 0.25) is 0 Å². The minimum Gasteiger partial charge on any atom is -0.314 e. The molecule has 0 radical (unpaired) electrons. The van der Waals surface area contributed by atoms with Gasteiger partial charge in [-0.05, 0) is 13.1 Å². The van der Waals surface area contributed by atoms with E-state index in [1.807, 2.05) is 12.3 Å². The summed E-state index contributed by atoms with van der Waals surface area (Å²) < 4.78 is 1.74. The Hall–Kier alpha value is -1.13. The Morgan fingerprint density at radius 1 is 1.35 bits per heavy atom. The largest absolute Gasteiger partial charge is 0.314 e. The number of aromatic nitrogens is 1. The normalized spacial score (nSPS) is 11.4. The van der Waals surface area contributed by atoms with Crippen LogP contribution in [-0.2, 0) is 6.54 Å². The summed E-state index contributed by atoms with van der Waals surface area (Å²) in [6, 6.07) is 5.79. The molecule has 0 bridgehead atoms. The van der Waals surface area contributed by atoms with E-state index >= 15 is 0 Å². The SMILES string of the molecule is CC(C)NCCN(C)CCn1ccccc1=O. The van der Waals surface area contributed by atoms with Crippen molar-refractivity contribution in [3.8, 4) is 0 Å². The van der Waals surface area contributed by atoms with Crippen molar-refractivity contribution in [2.75, 3.05) is 26.7 Å². The van der Waals surface area contributed by atoms with E-state index in [0.29, 0.717) is 6.04 Å². The topological polar surface area (TPSA) is 37.3 Å². The van der Waals surface area contributed by atoms with Gasteiger partial charge in [0.15, 0.2) is 0 Å². The summed E-state index contributed by atoms with van der Waals surface area (Å²) in [6.07, 6.45) is 1.84. The van der Waals surface area contributed by atoms with Crippen LogP contribution in [0.4, 0.5) is 0 Å². The average Bonchev–Trinajstić information content (AvgIpc) is 2.27. The van der Waals surface area contributed by atoms with Crippen LogP contribution in [0.5, 0.6) is 0 Å². The van der Waals surface area contributed by atoms with E-state index < -0.39 is 0 Å². The van der Waals surface area contributed by atoms with Crippen molar-refractivity contribution in [1.29, 1.82) is 0 Å². The maximum Gasteiger partial charge on any atom is 0.250 e. The second-order valence-electron chi connectivity index (χ2n) is 4.64. The fraction of sp³-hybridized carbons (Fsp3) is 0.615. The van der Waals surface area contributed by atoms with Gasteiger partial charge in [-0.25, -0.2) is 0 Å². The number of likely N-dealkylation sites (N-methyl/N-ethyl adjacent to an activating group) is 1. The fourth-order valence-corrected chi connectivity index (χ4v) is 1.58. The van der Waals surface area contributed by atoms with Gasteiger partial charge in [-0.2, -0.15) is 0 Å². The Morgan fingerprint density at radius 2 is 2.12 bits per heavy atom. The molecule has 0 saturated heterocycles. The monoisotopic (exact) mass is 237 g/mol. The van der Waals surface area contributed by atoms with Crippen molar-refractivity contribution < 1.29 is 0 Å². The molecule has 4 heteroatoms. The van der Waals surface area contributed by atoms with Crippen LogP contribution in [0.1, 0.15) is 13.8 Å². The Balaban J connectivity index is 2.26. The molecule has 0 aliphatic rings. The molecule has 17 heavy (non-hydrogen) atoms.